The van der Waals surface area contributed by atoms with Crippen LogP contribution < -0.4 is 10.6 Å². The Morgan fingerprint density at radius 2 is 1.68 bits per heavy atom. The molecule has 3 nitrogen and oxygen atoms in total. The molecule has 0 spiro atoms. The average Bonchev–Trinajstić information content (AvgIpc) is 2.64. The fourth-order valence-electron chi connectivity index (χ4n) is 2.53. The lowest BCUT2D eigenvalue weighted by molar-refractivity contribution is 0.767. The van der Waals surface area contributed by atoms with E-state index < -0.39 is 0 Å². The first-order valence-electron chi connectivity index (χ1n) is 7.92. The molecular weight excluding hydrogens is 350 g/mol. The second-order valence-corrected chi connectivity index (χ2v) is 6.50. The lowest BCUT2D eigenvalue weighted by Crippen LogP contribution is -2.33. The van der Waals surface area contributed by atoms with Gasteiger partial charge in [0, 0.05) is 23.1 Å². The Kier molecular flexibility index (Phi) is 5.64. The van der Waals surface area contributed by atoms with Crippen LogP contribution in [-0.4, -0.2) is 10.1 Å². The molecule has 1 aromatic heterocycles. The molecule has 2 aromatic carbocycles. The minimum absolute atomic E-state index is 0.0647. The van der Waals surface area contributed by atoms with Crippen molar-refractivity contribution in [3.63, 3.8) is 0 Å². The van der Waals surface area contributed by atoms with Crippen molar-refractivity contribution in [1.82, 2.24) is 10.3 Å². The van der Waals surface area contributed by atoms with E-state index in [1.54, 1.807) is 12.4 Å². The summed E-state index contributed by atoms with van der Waals surface area (Å²) >= 11 is 11.7. The Balaban J connectivity index is 1.80. The van der Waals surface area contributed by atoms with Gasteiger partial charge < -0.3 is 10.6 Å². The zero-order valence-corrected chi connectivity index (χ0v) is 15.3. The van der Waals surface area contributed by atoms with Gasteiger partial charge in [-0.25, -0.2) is 0 Å². The molecule has 3 rings (SSSR count). The van der Waals surface area contributed by atoms with Crippen LogP contribution in [0.1, 0.15) is 22.7 Å². The molecule has 1 heterocycles. The SMILES string of the molecule is Cc1ccc(NC(=S)N[C@@H](c2ccccc2)c2ccncc2)cc1Cl. The molecule has 0 unspecified atom stereocenters. The third kappa shape index (κ3) is 4.56. The monoisotopic (exact) mass is 367 g/mol. The Morgan fingerprint density at radius 3 is 2.36 bits per heavy atom. The van der Waals surface area contributed by atoms with Gasteiger partial charge in [0.2, 0.25) is 0 Å². The molecule has 0 saturated carbocycles. The minimum Gasteiger partial charge on any atom is -0.352 e. The molecule has 126 valence electrons. The quantitative estimate of drug-likeness (QED) is 0.627. The van der Waals surface area contributed by atoms with E-state index in [1.807, 2.05) is 55.5 Å². The highest BCUT2D eigenvalue weighted by Gasteiger charge is 2.15. The molecule has 2 N–H and O–H groups in total. The number of thiocarbonyl (C=S) groups is 1. The van der Waals surface area contributed by atoms with Gasteiger partial charge in [0.25, 0.3) is 0 Å². The molecule has 0 radical (unpaired) electrons. The fraction of sp³-hybridized carbons (Fsp3) is 0.100. The lowest BCUT2D eigenvalue weighted by atomic mass is 10.00. The summed E-state index contributed by atoms with van der Waals surface area (Å²) in [5, 5.41) is 7.82. The van der Waals surface area contributed by atoms with E-state index in [0.717, 1.165) is 22.4 Å². The zero-order chi connectivity index (χ0) is 17.6. The normalized spacial score (nSPS) is 11.6. The van der Waals surface area contributed by atoms with Gasteiger partial charge in [0.15, 0.2) is 5.11 Å². The number of aryl methyl sites for hydroxylation is 1. The summed E-state index contributed by atoms with van der Waals surface area (Å²) in [6.07, 6.45) is 3.56. The predicted octanol–water partition coefficient (Wildman–Crippen LogP) is 5.12. The first kappa shape index (κ1) is 17.4. The molecule has 0 saturated heterocycles. The molecule has 0 fully saturated rings. The van der Waals surface area contributed by atoms with Gasteiger partial charge in [0.1, 0.15) is 0 Å². The molecular formula is C20H18ClN3S. The average molecular weight is 368 g/mol. The van der Waals surface area contributed by atoms with E-state index in [1.165, 1.54) is 0 Å². The van der Waals surface area contributed by atoms with E-state index in [0.29, 0.717) is 10.1 Å². The van der Waals surface area contributed by atoms with Crippen LogP contribution in [0.15, 0.2) is 73.1 Å². The summed E-state index contributed by atoms with van der Waals surface area (Å²) in [5.41, 5.74) is 4.10. The van der Waals surface area contributed by atoms with Crippen LogP contribution in [0.3, 0.4) is 0 Å². The number of anilines is 1. The van der Waals surface area contributed by atoms with E-state index in [9.17, 15) is 0 Å². The molecule has 0 aliphatic carbocycles. The molecule has 3 aromatic rings. The Hall–Kier alpha value is -2.43. The van der Waals surface area contributed by atoms with Gasteiger partial charge in [0.05, 0.1) is 6.04 Å². The van der Waals surface area contributed by atoms with Gasteiger partial charge in [-0.2, -0.15) is 0 Å². The second kappa shape index (κ2) is 8.10. The number of pyridine rings is 1. The fourth-order valence-corrected chi connectivity index (χ4v) is 2.95. The smallest absolute Gasteiger partial charge is 0.171 e. The molecule has 0 aliphatic heterocycles. The summed E-state index contributed by atoms with van der Waals surface area (Å²) in [6.45, 7) is 1.97. The largest absolute Gasteiger partial charge is 0.352 e. The number of hydrogen-bond acceptors (Lipinski definition) is 2. The van der Waals surface area contributed by atoms with Crippen LogP contribution in [-0.2, 0) is 0 Å². The van der Waals surface area contributed by atoms with Crippen LogP contribution in [0.4, 0.5) is 5.69 Å². The van der Waals surface area contributed by atoms with Crippen molar-refractivity contribution in [3.05, 3.63) is 94.8 Å². The highest BCUT2D eigenvalue weighted by molar-refractivity contribution is 7.80. The first-order valence-corrected chi connectivity index (χ1v) is 8.70. The van der Waals surface area contributed by atoms with Crippen molar-refractivity contribution in [1.29, 1.82) is 0 Å². The maximum atomic E-state index is 6.18. The maximum absolute atomic E-state index is 6.18. The molecule has 0 bridgehead atoms. The van der Waals surface area contributed by atoms with Crippen molar-refractivity contribution in [2.45, 2.75) is 13.0 Å². The molecule has 0 amide bonds. The van der Waals surface area contributed by atoms with E-state index in [2.05, 4.69) is 27.8 Å². The lowest BCUT2D eigenvalue weighted by Gasteiger charge is -2.22. The number of rotatable bonds is 4. The molecule has 1 atom stereocenters. The summed E-state index contributed by atoms with van der Waals surface area (Å²) < 4.78 is 0. The van der Waals surface area contributed by atoms with E-state index >= 15 is 0 Å². The van der Waals surface area contributed by atoms with Crippen LogP contribution in [0.2, 0.25) is 5.02 Å². The zero-order valence-electron chi connectivity index (χ0n) is 13.7. The van der Waals surface area contributed by atoms with E-state index in [-0.39, 0.29) is 6.04 Å². The Morgan fingerprint density at radius 1 is 1.00 bits per heavy atom. The third-order valence-corrected chi connectivity index (χ3v) is 4.50. The molecule has 25 heavy (non-hydrogen) atoms. The van der Waals surface area contributed by atoms with Crippen molar-refractivity contribution in [3.8, 4) is 0 Å². The van der Waals surface area contributed by atoms with Crippen molar-refractivity contribution in [2.75, 3.05) is 5.32 Å². The third-order valence-electron chi connectivity index (χ3n) is 3.88. The summed E-state index contributed by atoms with van der Waals surface area (Å²) in [7, 11) is 0. The van der Waals surface area contributed by atoms with Gasteiger partial charge in [-0.1, -0.05) is 48.0 Å². The van der Waals surface area contributed by atoms with E-state index in [4.69, 9.17) is 23.8 Å². The van der Waals surface area contributed by atoms with Gasteiger partial charge >= 0.3 is 0 Å². The van der Waals surface area contributed by atoms with Crippen LogP contribution in [0.5, 0.6) is 0 Å². The number of nitrogens with one attached hydrogen (secondary N) is 2. The van der Waals surface area contributed by atoms with Crippen molar-refractivity contribution in [2.24, 2.45) is 0 Å². The summed E-state index contributed by atoms with van der Waals surface area (Å²) in [5.74, 6) is 0. The molecule has 5 heteroatoms. The molecule has 0 aliphatic rings. The number of nitrogens with zero attached hydrogens (tertiary/aromatic N) is 1. The maximum Gasteiger partial charge on any atom is 0.171 e. The minimum atomic E-state index is -0.0647. The highest BCUT2D eigenvalue weighted by atomic mass is 35.5. The number of aromatic nitrogens is 1. The second-order valence-electron chi connectivity index (χ2n) is 5.69. The van der Waals surface area contributed by atoms with Crippen LogP contribution in [0.25, 0.3) is 0 Å². The predicted molar refractivity (Wildman–Crippen MR) is 108 cm³/mol. The highest BCUT2D eigenvalue weighted by Crippen LogP contribution is 2.23. The summed E-state index contributed by atoms with van der Waals surface area (Å²) in [4.78, 5) is 4.10. The van der Waals surface area contributed by atoms with Crippen LogP contribution >= 0.6 is 23.8 Å². The number of halogens is 1. The van der Waals surface area contributed by atoms with Gasteiger partial charge in [-0.05, 0) is 60.1 Å². The van der Waals surface area contributed by atoms with Crippen molar-refractivity contribution < 1.29 is 0 Å². The van der Waals surface area contributed by atoms with Crippen molar-refractivity contribution >= 4 is 34.6 Å². The number of benzene rings is 2. The van der Waals surface area contributed by atoms with Gasteiger partial charge in [-0.3, -0.25) is 4.98 Å². The van der Waals surface area contributed by atoms with Crippen LogP contribution in [0, 0.1) is 6.92 Å². The standard InChI is InChI=1S/C20H18ClN3S/c1-14-7-8-17(13-18(14)21)23-20(25)24-19(15-5-3-2-4-6-15)16-9-11-22-12-10-16/h2-13,19H,1H3,(H2,23,24,25)/t19-/m0/s1. The first-order chi connectivity index (χ1) is 12.1. The van der Waals surface area contributed by atoms with Gasteiger partial charge in [-0.15, -0.1) is 0 Å². The Labute approximate surface area is 158 Å². The topological polar surface area (TPSA) is 37.0 Å². The Bertz CT molecular complexity index is 814. The number of hydrogen-bond donors (Lipinski definition) is 2. The summed E-state index contributed by atoms with van der Waals surface area (Å²) in [6, 6.07) is 19.9.